The first-order chi connectivity index (χ1) is 15.6. The van der Waals surface area contributed by atoms with Gasteiger partial charge in [-0.05, 0) is 31.4 Å². The van der Waals surface area contributed by atoms with E-state index in [0.717, 1.165) is 19.5 Å². The molecular weight excluding hydrogens is 413 g/mol. The van der Waals surface area contributed by atoms with Gasteiger partial charge in [-0.15, -0.1) is 15.3 Å². The molecule has 0 bridgehead atoms. The van der Waals surface area contributed by atoms with E-state index in [-0.39, 0.29) is 22.8 Å². The number of hydrogen-bond acceptors (Lipinski definition) is 9. The second-order valence-corrected chi connectivity index (χ2v) is 8.21. The number of benzene rings is 1. The Morgan fingerprint density at radius 1 is 1.06 bits per heavy atom. The molecule has 0 spiro atoms. The largest absolute Gasteiger partial charge is 0.507 e. The number of nitrogens with zero attached hydrogens (tertiary/aromatic N) is 6. The minimum absolute atomic E-state index is 0.132. The van der Waals surface area contributed by atoms with E-state index in [4.69, 9.17) is 4.74 Å². The number of halogens is 1. The Morgan fingerprint density at radius 2 is 1.94 bits per heavy atom. The molecule has 2 aliphatic rings. The average molecular weight is 437 g/mol. The molecule has 5 rings (SSSR count). The van der Waals surface area contributed by atoms with E-state index in [9.17, 15) is 9.50 Å². The lowest BCUT2D eigenvalue weighted by molar-refractivity contribution is 0.311. The van der Waals surface area contributed by atoms with Crippen molar-refractivity contribution in [2.75, 3.05) is 25.1 Å². The van der Waals surface area contributed by atoms with Gasteiger partial charge in [0.05, 0.1) is 19.5 Å². The minimum Gasteiger partial charge on any atom is -0.507 e. The number of phenolic OH excluding ortho intramolecular Hbond substituents is 1. The van der Waals surface area contributed by atoms with Crippen LogP contribution in [0.25, 0.3) is 22.4 Å². The predicted molar refractivity (Wildman–Crippen MR) is 116 cm³/mol. The van der Waals surface area contributed by atoms with Crippen LogP contribution in [-0.2, 0) is 0 Å². The molecule has 0 unspecified atom stereocenters. The van der Waals surface area contributed by atoms with Gasteiger partial charge in [0.15, 0.2) is 0 Å². The number of aromatic nitrogens is 5. The Morgan fingerprint density at radius 3 is 2.66 bits per heavy atom. The van der Waals surface area contributed by atoms with Crippen LogP contribution in [-0.4, -0.2) is 62.8 Å². The van der Waals surface area contributed by atoms with Crippen molar-refractivity contribution in [2.45, 2.75) is 37.8 Å². The number of phenols is 1. The molecule has 10 heteroatoms. The van der Waals surface area contributed by atoms with Crippen LogP contribution >= 0.6 is 0 Å². The molecule has 1 aliphatic heterocycles. The van der Waals surface area contributed by atoms with Gasteiger partial charge in [0.1, 0.15) is 17.3 Å². The summed E-state index contributed by atoms with van der Waals surface area (Å²) < 4.78 is 19.9. The van der Waals surface area contributed by atoms with Crippen molar-refractivity contribution in [3.05, 3.63) is 36.4 Å². The van der Waals surface area contributed by atoms with Crippen LogP contribution in [0.3, 0.4) is 0 Å². The van der Waals surface area contributed by atoms with Crippen LogP contribution in [0.1, 0.15) is 25.7 Å². The van der Waals surface area contributed by atoms with Crippen LogP contribution in [0, 0.1) is 5.82 Å². The molecule has 2 aromatic heterocycles. The molecule has 1 saturated heterocycles. The maximum Gasteiger partial charge on any atom is 0.245 e. The van der Waals surface area contributed by atoms with Gasteiger partial charge in [0, 0.05) is 47.9 Å². The number of ether oxygens (including phenoxy) is 1. The summed E-state index contributed by atoms with van der Waals surface area (Å²) in [5.74, 6) is 0.122. The Bertz CT molecular complexity index is 1110. The summed E-state index contributed by atoms with van der Waals surface area (Å²) in [6.07, 6.45) is 7.79. The standard InChI is InChI=1S/C22H24FN7O2/c1-32-21-7-13(10-25-28-21)16-9-20(31)17(8-18(16)23)19-11-24-22(29-27-19)30-6-5-15(12-30)26-14-3-2-4-14/h7-11,14-15,26,31H,2-6,12H2,1H3/t15-/m0/s1. The molecule has 32 heavy (non-hydrogen) atoms. The highest BCUT2D eigenvalue weighted by Crippen LogP contribution is 2.35. The first kappa shape index (κ1) is 20.5. The molecule has 2 N–H and O–H groups in total. The van der Waals surface area contributed by atoms with E-state index >= 15 is 0 Å². The zero-order chi connectivity index (χ0) is 22.1. The fraction of sp³-hybridized carbons (Fsp3) is 0.409. The molecule has 2 fully saturated rings. The molecule has 0 amide bonds. The number of nitrogens with one attached hydrogen (secondary N) is 1. The van der Waals surface area contributed by atoms with Gasteiger partial charge in [0.25, 0.3) is 0 Å². The Labute approximate surface area is 184 Å². The summed E-state index contributed by atoms with van der Waals surface area (Å²) >= 11 is 0. The third kappa shape index (κ3) is 4.05. The number of anilines is 1. The second-order valence-electron chi connectivity index (χ2n) is 8.21. The SMILES string of the molecule is COc1cc(-c2cc(O)c(-c3cnc(N4CC[C@H](NC5CCC5)C4)nn3)cc2F)cnn1. The highest BCUT2D eigenvalue weighted by molar-refractivity contribution is 5.74. The summed E-state index contributed by atoms with van der Waals surface area (Å²) in [7, 11) is 1.45. The zero-order valence-electron chi connectivity index (χ0n) is 17.7. The summed E-state index contributed by atoms with van der Waals surface area (Å²) in [5, 5.41) is 30.2. The van der Waals surface area contributed by atoms with Gasteiger partial charge in [-0.25, -0.2) is 9.37 Å². The van der Waals surface area contributed by atoms with Crippen molar-refractivity contribution in [1.82, 2.24) is 30.7 Å². The summed E-state index contributed by atoms with van der Waals surface area (Å²) in [4.78, 5) is 6.51. The molecule has 1 atom stereocenters. The highest BCUT2D eigenvalue weighted by atomic mass is 19.1. The van der Waals surface area contributed by atoms with Crippen molar-refractivity contribution in [1.29, 1.82) is 0 Å². The van der Waals surface area contributed by atoms with Crippen LogP contribution in [0.15, 0.2) is 30.6 Å². The first-order valence-corrected chi connectivity index (χ1v) is 10.7. The zero-order valence-corrected chi connectivity index (χ0v) is 17.7. The van der Waals surface area contributed by atoms with Gasteiger partial charge in [-0.3, -0.25) is 0 Å². The van der Waals surface area contributed by atoms with Crippen molar-refractivity contribution in [3.8, 4) is 34.0 Å². The van der Waals surface area contributed by atoms with Crippen molar-refractivity contribution < 1.29 is 14.2 Å². The van der Waals surface area contributed by atoms with Crippen LogP contribution in [0.2, 0.25) is 0 Å². The molecule has 3 heterocycles. The third-order valence-electron chi connectivity index (χ3n) is 6.11. The second kappa shape index (κ2) is 8.62. The topological polar surface area (TPSA) is 109 Å². The summed E-state index contributed by atoms with van der Waals surface area (Å²) in [6.45, 7) is 1.71. The van der Waals surface area contributed by atoms with Crippen molar-refractivity contribution >= 4 is 5.95 Å². The molecule has 1 saturated carbocycles. The fourth-order valence-electron chi connectivity index (χ4n) is 4.11. The van der Waals surface area contributed by atoms with E-state index in [1.165, 1.54) is 50.9 Å². The monoisotopic (exact) mass is 437 g/mol. The average Bonchev–Trinajstić information content (AvgIpc) is 3.26. The van der Waals surface area contributed by atoms with E-state index in [0.29, 0.717) is 29.3 Å². The first-order valence-electron chi connectivity index (χ1n) is 10.7. The molecular formula is C22H24FN7O2. The lowest BCUT2D eigenvalue weighted by Gasteiger charge is -2.29. The molecule has 166 valence electrons. The van der Waals surface area contributed by atoms with Crippen LogP contribution < -0.4 is 15.0 Å². The van der Waals surface area contributed by atoms with Gasteiger partial charge >= 0.3 is 0 Å². The van der Waals surface area contributed by atoms with Gasteiger partial charge < -0.3 is 20.1 Å². The fourth-order valence-corrected chi connectivity index (χ4v) is 4.11. The van der Waals surface area contributed by atoms with E-state index < -0.39 is 5.82 Å². The van der Waals surface area contributed by atoms with Gasteiger partial charge in [-0.1, -0.05) is 6.42 Å². The lowest BCUT2D eigenvalue weighted by atomic mass is 9.92. The van der Waals surface area contributed by atoms with Crippen molar-refractivity contribution in [2.24, 2.45) is 0 Å². The van der Waals surface area contributed by atoms with Crippen LogP contribution in [0.4, 0.5) is 10.3 Å². The normalized spacial score (nSPS) is 18.6. The summed E-state index contributed by atoms with van der Waals surface area (Å²) in [6, 6.07) is 5.18. The summed E-state index contributed by atoms with van der Waals surface area (Å²) in [5.41, 5.74) is 1.14. The quantitative estimate of drug-likeness (QED) is 0.601. The highest BCUT2D eigenvalue weighted by Gasteiger charge is 2.28. The number of aromatic hydroxyl groups is 1. The Hall–Kier alpha value is -3.40. The predicted octanol–water partition coefficient (Wildman–Crippen LogP) is 2.57. The molecule has 3 aromatic rings. The molecule has 9 nitrogen and oxygen atoms in total. The van der Waals surface area contributed by atoms with Crippen LogP contribution in [0.5, 0.6) is 11.6 Å². The minimum atomic E-state index is -0.539. The van der Waals surface area contributed by atoms with E-state index in [1.54, 1.807) is 6.07 Å². The Kier molecular flexibility index (Phi) is 5.52. The smallest absolute Gasteiger partial charge is 0.245 e. The number of hydrogen-bond donors (Lipinski definition) is 2. The third-order valence-corrected chi connectivity index (χ3v) is 6.11. The lowest BCUT2D eigenvalue weighted by Crippen LogP contribution is -2.43. The molecule has 1 aromatic carbocycles. The molecule has 0 radical (unpaired) electrons. The Balaban J connectivity index is 1.33. The maximum absolute atomic E-state index is 14.9. The van der Waals surface area contributed by atoms with E-state index in [1.807, 2.05) is 0 Å². The number of methoxy groups -OCH3 is 1. The van der Waals surface area contributed by atoms with Gasteiger partial charge in [0.2, 0.25) is 11.8 Å². The number of rotatable bonds is 6. The molecule has 1 aliphatic carbocycles. The van der Waals surface area contributed by atoms with Gasteiger partial charge in [-0.2, -0.15) is 5.10 Å². The maximum atomic E-state index is 14.9. The van der Waals surface area contributed by atoms with E-state index in [2.05, 4.69) is 35.6 Å². The van der Waals surface area contributed by atoms with Crippen molar-refractivity contribution in [3.63, 3.8) is 0 Å².